The van der Waals surface area contributed by atoms with E-state index in [9.17, 15) is 14.7 Å². The molecule has 11 heteroatoms. The van der Waals surface area contributed by atoms with E-state index in [-0.39, 0.29) is 18.0 Å². The summed E-state index contributed by atoms with van der Waals surface area (Å²) in [5, 5.41) is 13.4. The molecule has 5 aromatic rings. The molecule has 3 aromatic heterocycles. The van der Waals surface area contributed by atoms with Crippen molar-refractivity contribution in [2.45, 2.75) is 19.4 Å². The Labute approximate surface area is 235 Å². The molecule has 0 bridgehead atoms. The zero-order chi connectivity index (χ0) is 29.1. The van der Waals surface area contributed by atoms with Gasteiger partial charge in [-0.15, -0.1) is 0 Å². The fourth-order valence-electron chi connectivity index (χ4n) is 4.15. The Hall–Kier alpha value is -5.16. The molecular weight excluding hydrogens is 526 g/mol. The van der Waals surface area contributed by atoms with Crippen LogP contribution in [-0.2, 0) is 7.05 Å². The topological polar surface area (TPSA) is 130 Å². The van der Waals surface area contributed by atoms with Crippen LogP contribution in [0.15, 0.2) is 84.0 Å². The molecule has 0 spiro atoms. The number of amides is 1. The van der Waals surface area contributed by atoms with Gasteiger partial charge in [0.2, 0.25) is 0 Å². The van der Waals surface area contributed by atoms with E-state index in [1.807, 2.05) is 18.2 Å². The van der Waals surface area contributed by atoms with Gasteiger partial charge in [-0.05, 0) is 50.2 Å². The Morgan fingerprint density at radius 1 is 1.02 bits per heavy atom. The second-order valence-electron chi connectivity index (χ2n) is 9.93. The number of aliphatic hydroxyl groups is 1. The Kier molecular flexibility index (Phi) is 7.45. The number of methoxy groups -OCH3 is 1. The molecular formula is C30H29N5O6. The van der Waals surface area contributed by atoms with Crippen molar-refractivity contribution >= 4 is 22.6 Å². The molecule has 5 rings (SSSR count). The van der Waals surface area contributed by atoms with E-state index >= 15 is 0 Å². The van der Waals surface area contributed by atoms with Crippen molar-refractivity contribution in [2.75, 3.05) is 19.0 Å². The summed E-state index contributed by atoms with van der Waals surface area (Å²) in [5.41, 5.74) is -0.210. The molecule has 3 heterocycles. The first kappa shape index (κ1) is 27.4. The highest BCUT2D eigenvalue weighted by Crippen LogP contribution is 2.37. The number of carbonyl (C=O) groups excluding carboxylic acids is 1. The lowest BCUT2D eigenvalue weighted by atomic mass is 10.1. The number of carbonyl (C=O) groups is 1. The van der Waals surface area contributed by atoms with E-state index in [1.54, 1.807) is 74.2 Å². The largest absolute Gasteiger partial charge is 0.493 e. The average molecular weight is 556 g/mol. The summed E-state index contributed by atoms with van der Waals surface area (Å²) in [4.78, 5) is 34.5. The van der Waals surface area contributed by atoms with Crippen LogP contribution in [0.25, 0.3) is 16.6 Å². The molecule has 0 radical (unpaired) electrons. The van der Waals surface area contributed by atoms with Crippen molar-refractivity contribution in [1.29, 1.82) is 0 Å². The number of nitrogens with zero attached hydrogens (tertiary/aromatic N) is 4. The Morgan fingerprint density at radius 2 is 1.80 bits per heavy atom. The number of aryl methyl sites for hydroxylation is 1. The standard InChI is InChI=1S/C30H29N5O6/c1-30(2,38)18-40-26-15-23-21(14-25(26)39-4)24(12-13-31-23)41-20-10-11-27(32-16-20)33-28(36)22-17-34(3)35(29(22)37)19-8-6-5-7-9-19/h5-17,38H,18H2,1-4H3,(H,32,33,36). The van der Waals surface area contributed by atoms with Crippen LogP contribution < -0.4 is 25.1 Å². The van der Waals surface area contributed by atoms with Crippen LogP contribution in [0.3, 0.4) is 0 Å². The van der Waals surface area contributed by atoms with E-state index in [2.05, 4.69) is 15.3 Å². The van der Waals surface area contributed by atoms with Crippen molar-refractivity contribution in [3.63, 3.8) is 0 Å². The third-order valence-corrected chi connectivity index (χ3v) is 6.07. The quantitative estimate of drug-likeness (QED) is 0.275. The zero-order valence-electron chi connectivity index (χ0n) is 23.0. The van der Waals surface area contributed by atoms with Gasteiger partial charge in [-0.2, -0.15) is 0 Å². The van der Waals surface area contributed by atoms with Crippen LogP contribution in [0.2, 0.25) is 0 Å². The lowest BCUT2D eigenvalue weighted by molar-refractivity contribution is 0.0276. The van der Waals surface area contributed by atoms with Crippen molar-refractivity contribution in [1.82, 2.24) is 19.3 Å². The van der Waals surface area contributed by atoms with Crippen molar-refractivity contribution < 1.29 is 24.1 Å². The summed E-state index contributed by atoms with van der Waals surface area (Å²) in [6.07, 6.45) is 4.55. The molecule has 2 N–H and O–H groups in total. The van der Waals surface area contributed by atoms with Gasteiger partial charge < -0.3 is 24.6 Å². The van der Waals surface area contributed by atoms with Crippen LogP contribution in [-0.4, -0.2) is 49.7 Å². The molecule has 0 aliphatic heterocycles. The van der Waals surface area contributed by atoms with E-state index in [4.69, 9.17) is 14.2 Å². The number of ether oxygens (including phenoxy) is 3. The zero-order valence-corrected chi connectivity index (χ0v) is 23.0. The van der Waals surface area contributed by atoms with Crippen LogP contribution >= 0.6 is 0 Å². The van der Waals surface area contributed by atoms with Gasteiger partial charge in [0, 0.05) is 30.9 Å². The monoisotopic (exact) mass is 555 g/mol. The van der Waals surface area contributed by atoms with Crippen LogP contribution in [0, 0.1) is 0 Å². The first-order valence-corrected chi connectivity index (χ1v) is 12.7. The normalized spacial score (nSPS) is 11.3. The number of aromatic nitrogens is 4. The highest BCUT2D eigenvalue weighted by Gasteiger charge is 2.19. The van der Waals surface area contributed by atoms with Crippen molar-refractivity contribution in [3.05, 3.63) is 95.2 Å². The molecule has 2 aromatic carbocycles. The van der Waals surface area contributed by atoms with Gasteiger partial charge in [-0.3, -0.25) is 19.3 Å². The molecule has 0 saturated heterocycles. The van der Waals surface area contributed by atoms with Crippen molar-refractivity contribution in [3.8, 4) is 28.7 Å². The maximum absolute atomic E-state index is 12.9. The van der Waals surface area contributed by atoms with Gasteiger partial charge in [0.1, 0.15) is 29.5 Å². The minimum absolute atomic E-state index is 0.0124. The molecule has 0 aliphatic rings. The minimum Gasteiger partial charge on any atom is -0.493 e. The fraction of sp³-hybridized carbons (Fsp3) is 0.200. The van der Waals surface area contributed by atoms with Gasteiger partial charge in [0.05, 0.1) is 30.1 Å². The summed E-state index contributed by atoms with van der Waals surface area (Å²) >= 11 is 0. The Morgan fingerprint density at radius 3 is 2.49 bits per heavy atom. The molecule has 0 aliphatic carbocycles. The second kappa shape index (κ2) is 11.1. The third-order valence-electron chi connectivity index (χ3n) is 6.07. The highest BCUT2D eigenvalue weighted by atomic mass is 16.5. The summed E-state index contributed by atoms with van der Waals surface area (Å²) in [5.74, 6) is 1.52. The number of anilines is 1. The number of pyridine rings is 2. The minimum atomic E-state index is -1.01. The number of fused-ring (bicyclic) bond motifs is 1. The Bertz CT molecular complexity index is 1760. The molecule has 41 heavy (non-hydrogen) atoms. The van der Waals surface area contributed by atoms with Crippen molar-refractivity contribution in [2.24, 2.45) is 7.05 Å². The fourth-order valence-corrected chi connectivity index (χ4v) is 4.15. The third kappa shape index (κ3) is 6.04. The van der Waals surface area contributed by atoms with Crippen LogP contribution in [0.4, 0.5) is 5.82 Å². The number of para-hydroxylation sites is 1. The van der Waals surface area contributed by atoms with Gasteiger partial charge in [0.15, 0.2) is 11.5 Å². The average Bonchev–Trinajstić information content (AvgIpc) is 3.26. The maximum atomic E-state index is 12.9. The SMILES string of the molecule is COc1cc2c(Oc3ccc(NC(=O)c4cn(C)n(-c5ccccc5)c4=O)nc3)ccnc2cc1OCC(C)(C)O. The number of hydrogen-bond donors (Lipinski definition) is 2. The van der Waals surface area contributed by atoms with E-state index < -0.39 is 17.1 Å². The first-order valence-electron chi connectivity index (χ1n) is 12.7. The molecule has 1 amide bonds. The van der Waals surface area contributed by atoms with Crippen LogP contribution in [0.5, 0.6) is 23.0 Å². The predicted molar refractivity (Wildman–Crippen MR) is 153 cm³/mol. The van der Waals surface area contributed by atoms with Gasteiger partial charge in [-0.1, -0.05) is 18.2 Å². The number of benzene rings is 2. The molecule has 11 nitrogen and oxygen atoms in total. The summed E-state index contributed by atoms with van der Waals surface area (Å²) in [7, 11) is 3.22. The Balaban J connectivity index is 1.33. The highest BCUT2D eigenvalue weighted by molar-refractivity contribution is 6.03. The lowest BCUT2D eigenvalue weighted by Gasteiger charge is -2.19. The molecule has 0 atom stereocenters. The van der Waals surface area contributed by atoms with E-state index in [0.717, 1.165) is 0 Å². The molecule has 0 unspecified atom stereocenters. The molecule has 210 valence electrons. The number of hydrogen-bond acceptors (Lipinski definition) is 8. The summed E-state index contributed by atoms with van der Waals surface area (Å²) < 4.78 is 20.3. The first-order chi connectivity index (χ1) is 19.6. The number of nitrogens with one attached hydrogen (secondary N) is 1. The van der Waals surface area contributed by atoms with Gasteiger partial charge in [0.25, 0.3) is 11.5 Å². The maximum Gasteiger partial charge on any atom is 0.284 e. The van der Waals surface area contributed by atoms with Gasteiger partial charge >= 0.3 is 0 Å². The van der Waals surface area contributed by atoms with E-state index in [0.29, 0.717) is 39.6 Å². The summed E-state index contributed by atoms with van der Waals surface area (Å²) in [6, 6.07) is 17.5. The second-order valence-corrected chi connectivity index (χ2v) is 9.93. The number of rotatable bonds is 9. The lowest BCUT2D eigenvalue weighted by Crippen LogP contribution is -2.27. The summed E-state index contributed by atoms with van der Waals surface area (Å²) in [6.45, 7) is 3.38. The molecule has 0 fully saturated rings. The smallest absolute Gasteiger partial charge is 0.284 e. The predicted octanol–water partition coefficient (Wildman–Crippen LogP) is 4.32. The van der Waals surface area contributed by atoms with Gasteiger partial charge in [-0.25, -0.2) is 9.67 Å². The molecule has 0 saturated carbocycles. The van der Waals surface area contributed by atoms with E-state index in [1.165, 1.54) is 24.2 Å². The van der Waals surface area contributed by atoms with Crippen LogP contribution in [0.1, 0.15) is 24.2 Å².